The molecule has 8 nitrogen and oxygen atoms in total. The Morgan fingerprint density at radius 3 is 2.27 bits per heavy atom. The molecule has 0 aliphatic carbocycles. The van der Waals surface area contributed by atoms with Gasteiger partial charge in [-0.25, -0.2) is 0 Å². The standard InChI is InChI=1S/C31H37ClN4O4/c1-3-33(4-2)29(38)23-7-6-16-35(20-23)28(37)22-14-17-34(18-15-22)26-9-5-8-25-27(26)31(40)36(30(25)39)19-21-10-12-24(32)13-11-21/h5,8-13,22-23H,3-4,6-7,14-20H2,1-2H3. The van der Waals surface area contributed by atoms with Gasteiger partial charge in [0.05, 0.1) is 29.3 Å². The molecule has 0 aromatic heterocycles. The van der Waals surface area contributed by atoms with Crippen molar-refractivity contribution in [3.05, 3.63) is 64.2 Å². The fraction of sp³-hybridized carbons (Fsp3) is 0.484. The van der Waals surface area contributed by atoms with Gasteiger partial charge in [-0.3, -0.25) is 24.1 Å². The molecule has 40 heavy (non-hydrogen) atoms. The molecule has 212 valence electrons. The van der Waals surface area contributed by atoms with Crippen molar-refractivity contribution in [1.82, 2.24) is 14.7 Å². The molecule has 3 aliphatic rings. The molecular weight excluding hydrogens is 528 g/mol. The van der Waals surface area contributed by atoms with Crippen LogP contribution in [0.1, 0.15) is 65.8 Å². The summed E-state index contributed by atoms with van der Waals surface area (Å²) in [5.41, 5.74) is 2.45. The van der Waals surface area contributed by atoms with Gasteiger partial charge in [-0.1, -0.05) is 29.8 Å². The Kier molecular flexibility index (Phi) is 8.45. The number of anilines is 1. The molecule has 9 heteroatoms. The first kappa shape index (κ1) is 28.1. The number of benzene rings is 2. The molecule has 0 saturated carbocycles. The van der Waals surface area contributed by atoms with Crippen LogP contribution < -0.4 is 4.90 Å². The van der Waals surface area contributed by atoms with Gasteiger partial charge in [-0.05, 0) is 69.4 Å². The number of amides is 4. The molecule has 2 fully saturated rings. The molecule has 3 aliphatic heterocycles. The van der Waals surface area contributed by atoms with E-state index in [0.717, 1.165) is 24.1 Å². The summed E-state index contributed by atoms with van der Waals surface area (Å²) in [6.07, 6.45) is 3.02. The summed E-state index contributed by atoms with van der Waals surface area (Å²) in [5, 5.41) is 0.600. The molecule has 5 rings (SSSR count). The highest BCUT2D eigenvalue weighted by atomic mass is 35.5. The van der Waals surface area contributed by atoms with Crippen molar-refractivity contribution < 1.29 is 19.2 Å². The molecule has 0 bridgehead atoms. The Labute approximate surface area is 240 Å². The summed E-state index contributed by atoms with van der Waals surface area (Å²) >= 11 is 5.99. The first-order valence-electron chi connectivity index (χ1n) is 14.4. The van der Waals surface area contributed by atoms with E-state index in [9.17, 15) is 19.2 Å². The lowest BCUT2D eigenvalue weighted by Gasteiger charge is -2.39. The Hall–Kier alpha value is -3.39. The van der Waals surface area contributed by atoms with E-state index in [-0.39, 0.29) is 42.0 Å². The van der Waals surface area contributed by atoms with E-state index in [1.54, 1.807) is 18.2 Å². The maximum absolute atomic E-state index is 13.5. The second-order valence-electron chi connectivity index (χ2n) is 10.9. The highest BCUT2D eigenvalue weighted by Gasteiger charge is 2.40. The van der Waals surface area contributed by atoms with E-state index in [4.69, 9.17) is 11.6 Å². The number of likely N-dealkylation sites (tertiary alicyclic amines) is 1. The smallest absolute Gasteiger partial charge is 0.263 e. The highest BCUT2D eigenvalue weighted by molar-refractivity contribution is 6.30. The molecule has 1 unspecified atom stereocenters. The van der Waals surface area contributed by atoms with Gasteiger partial charge in [-0.2, -0.15) is 0 Å². The molecule has 4 amide bonds. The van der Waals surface area contributed by atoms with Crippen molar-refractivity contribution in [2.45, 2.75) is 46.1 Å². The molecule has 3 heterocycles. The zero-order valence-electron chi connectivity index (χ0n) is 23.3. The van der Waals surface area contributed by atoms with Crippen LogP contribution in [0.3, 0.4) is 0 Å². The van der Waals surface area contributed by atoms with Crippen LogP contribution in [0.25, 0.3) is 0 Å². The molecular formula is C31H37ClN4O4. The van der Waals surface area contributed by atoms with E-state index in [1.807, 2.05) is 47.9 Å². The highest BCUT2D eigenvalue weighted by Crippen LogP contribution is 2.35. The third kappa shape index (κ3) is 5.46. The Bertz CT molecular complexity index is 1280. The van der Waals surface area contributed by atoms with E-state index >= 15 is 0 Å². The van der Waals surface area contributed by atoms with Gasteiger partial charge < -0.3 is 14.7 Å². The third-order valence-corrected chi connectivity index (χ3v) is 8.83. The maximum atomic E-state index is 13.5. The predicted molar refractivity (Wildman–Crippen MR) is 154 cm³/mol. The van der Waals surface area contributed by atoms with Crippen LogP contribution in [0, 0.1) is 11.8 Å². The minimum absolute atomic E-state index is 0.103. The van der Waals surface area contributed by atoms with Gasteiger partial charge in [0.25, 0.3) is 11.8 Å². The van der Waals surface area contributed by atoms with Crippen molar-refractivity contribution in [2.24, 2.45) is 11.8 Å². The van der Waals surface area contributed by atoms with Gasteiger partial charge in [-0.15, -0.1) is 0 Å². The van der Waals surface area contributed by atoms with Crippen LogP contribution in [0.5, 0.6) is 0 Å². The number of fused-ring (bicyclic) bond motifs is 1. The van der Waals surface area contributed by atoms with E-state index in [2.05, 4.69) is 4.90 Å². The number of piperidine rings is 2. The summed E-state index contributed by atoms with van der Waals surface area (Å²) in [4.78, 5) is 60.2. The van der Waals surface area contributed by atoms with Gasteiger partial charge >= 0.3 is 0 Å². The van der Waals surface area contributed by atoms with E-state index in [1.165, 1.54) is 4.90 Å². The Morgan fingerprint density at radius 1 is 0.900 bits per heavy atom. The number of imide groups is 1. The molecule has 0 N–H and O–H groups in total. The first-order valence-corrected chi connectivity index (χ1v) is 14.8. The fourth-order valence-electron chi connectivity index (χ4n) is 6.29. The van der Waals surface area contributed by atoms with E-state index < -0.39 is 0 Å². The number of hydrogen-bond acceptors (Lipinski definition) is 5. The predicted octanol–water partition coefficient (Wildman–Crippen LogP) is 4.46. The largest absolute Gasteiger partial charge is 0.371 e. The van der Waals surface area contributed by atoms with Gasteiger partial charge in [0, 0.05) is 50.2 Å². The van der Waals surface area contributed by atoms with Crippen LogP contribution in [-0.4, -0.2) is 77.6 Å². The van der Waals surface area contributed by atoms with Crippen molar-refractivity contribution in [2.75, 3.05) is 44.2 Å². The third-order valence-electron chi connectivity index (χ3n) is 8.57. The summed E-state index contributed by atoms with van der Waals surface area (Å²) in [7, 11) is 0. The topological polar surface area (TPSA) is 81.2 Å². The molecule has 0 radical (unpaired) electrons. The van der Waals surface area contributed by atoms with E-state index in [0.29, 0.717) is 68.3 Å². The number of nitrogens with zero attached hydrogens (tertiary/aromatic N) is 4. The summed E-state index contributed by atoms with van der Waals surface area (Å²) in [6, 6.07) is 12.6. The first-order chi connectivity index (χ1) is 19.3. The lowest BCUT2D eigenvalue weighted by Crippen LogP contribution is -2.49. The second-order valence-corrected chi connectivity index (χ2v) is 11.4. The number of hydrogen-bond donors (Lipinski definition) is 0. The lowest BCUT2D eigenvalue weighted by atomic mass is 9.91. The SMILES string of the molecule is CCN(CC)C(=O)C1CCCN(C(=O)C2CCN(c3cccc4c3C(=O)N(Cc3ccc(Cl)cc3)C4=O)CC2)C1. The number of carbonyl (C=O) groups is 4. The van der Waals surface area contributed by atoms with Crippen molar-refractivity contribution in [1.29, 1.82) is 0 Å². The number of carbonyl (C=O) groups excluding carboxylic acids is 4. The minimum atomic E-state index is -0.291. The monoisotopic (exact) mass is 564 g/mol. The zero-order chi connectivity index (χ0) is 28.4. The van der Waals surface area contributed by atoms with Gasteiger partial charge in [0.1, 0.15) is 0 Å². The van der Waals surface area contributed by atoms with Crippen molar-refractivity contribution in [3.63, 3.8) is 0 Å². The maximum Gasteiger partial charge on any atom is 0.263 e. The van der Waals surface area contributed by atoms with Gasteiger partial charge in [0.2, 0.25) is 11.8 Å². The van der Waals surface area contributed by atoms with Crippen LogP contribution in [-0.2, 0) is 16.1 Å². The minimum Gasteiger partial charge on any atom is -0.371 e. The summed E-state index contributed by atoms with van der Waals surface area (Å²) < 4.78 is 0. The number of rotatable bonds is 7. The summed E-state index contributed by atoms with van der Waals surface area (Å²) in [5.74, 6) is -0.519. The molecule has 2 aromatic carbocycles. The fourth-order valence-corrected chi connectivity index (χ4v) is 6.42. The lowest BCUT2D eigenvalue weighted by molar-refractivity contribution is -0.143. The van der Waals surface area contributed by atoms with Crippen LogP contribution >= 0.6 is 11.6 Å². The quantitative estimate of drug-likeness (QED) is 0.464. The molecule has 2 saturated heterocycles. The molecule has 1 atom stereocenters. The second kappa shape index (κ2) is 12.0. The van der Waals surface area contributed by atoms with Crippen molar-refractivity contribution in [3.8, 4) is 0 Å². The average molecular weight is 565 g/mol. The normalized spacial score (nSPS) is 19.7. The van der Waals surface area contributed by atoms with Crippen LogP contribution in [0.4, 0.5) is 5.69 Å². The van der Waals surface area contributed by atoms with Gasteiger partial charge in [0.15, 0.2) is 0 Å². The van der Waals surface area contributed by atoms with Crippen LogP contribution in [0.2, 0.25) is 5.02 Å². The number of halogens is 1. The average Bonchev–Trinajstić information content (AvgIpc) is 3.23. The Morgan fingerprint density at radius 2 is 1.60 bits per heavy atom. The molecule has 2 aromatic rings. The van der Waals surface area contributed by atoms with Crippen LogP contribution in [0.15, 0.2) is 42.5 Å². The Balaban J connectivity index is 1.23. The summed E-state index contributed by atoms with van der Waals surface area (Å²) in [6.45, 7) is 8.00. The molecule has 0 spiro atoms. The zero-order valence-corrected chi connectivity index (χ0v) is 24.0. The van der Waals surface area contributed by atoms with Crippen molar-refractivity contribution >= 4 is 40.9 Å².